The van der Waals surface area contributed by atoms with Gasteiger partial charge in [0, 0.05) is 38.7 Å². The van der Waals surface area contributed by atoms with E-state index in [1.165, 1.54) is 0 Å². The molecule has 0 radical (unpaired) electrons. The van der Waals surface area contributed by atoms with Crippen molar-refractivity contribution >= 4 is 17.3 Å². The zero-order valence-corrected chi connectivity index (χ0v) is 11.7. The van der Waals surface area contributed by atoms with E-state index < -0.39 is 0 Å². The van der Waals surface area contributed by atoms with Crippen LogP contribution in [0.5, 0.6) is 0 Å². The van der Waals surface area contributed by atoms with Crippen molar-refractivity contribution in [1.82, 2.24) is 14.4 Å². The molecule has 2 N–H and O–H groups in total. The third-order valence-electron chi connectivity index (χ3n) is 2.87. The summed E-state index contributed by atoms with van der Waals surface area (Å²) in [7, 11) is 1.71. The van der Waals surface area contributed by atoms with E-state index in [0.29, 0.717) is 0 Å². The first-order chi connectivity index (χ1) is 9.24. The molecule has 104 valence electrons. The smallest absolute Gasteiger partial charge is 0.180 e. The Morgan fingerprint density at radius 3 is 3.05 bits per heavy atom. The molecule has 6 nitrogen and oxygen atoms in total. The summed E-state index contributed by atoms with van der Waals surface area (Å²) < 4.78 is 7.06. The molecule has 0 aliphatic carbocycles. The van der Waals surface area contributed by atoms with Crippen molar-refractivity contribution in [3.8, 4) is 0 Å². The summed E-state index contributed by atoms with van der Waals surface area (Å²) in [5.74, 6) is 1.64. The van der Waals surface area contributed by atoms with Crippen molar-refractivity contribution in [3.63, 3.8) is 0 Å². The third-order valence-corrected chi connectivity index (χ3v) is 2.87. The fourth-order valence-electron chi connectivity index (χ4n) is 1.89. The van der Waals surface area contributed by atoms with E-state index in [2.05, 4.69) is 27.5 Å². The summed E-state index contributed by atoms with van der Waals surface area (Å²) >= 11 is 0. The van der Waals surface area contributed by atoms with Crippen LogP contribution in [0.25, 0.3) is 5.65 Å². The SMILES string of the molecule is CCNc1cn2ccnc2c(NC(C)CCOC)n1. The highest BCUT2D eigenvalue weighted by Crippen LogP contribution is 2.17. The number of imidazole rings is 1. The van der Waals surface area contributed by atoms with Crippen molar-refractivity contribution in [2.24, 2.45) is 0 Å². The fraction of sp³-hybridized carbons (Fsp3) is 0.538. The molecule has 6 heteroatoms. The second-order valence-electron chi connectivity index (χ2n) is 4.49. The van der Waals surface area contributed by atoms with Crippen LogP contribution < -0.4 is 10.6 Å². The van der Waals surface area contributed by atoms with Crippen molar-refractivity contribution < 1.29 is 4.74 Å². The van der Waals surface area contributed by atoms with Crippen molar-refractivity contribution in [2.45, 2.75) is 26.3 Å². The van der Waals surface area contributed by atoms with Crippen LogP contribution in [0.1, 0.15) is 20.3 Å². The molecule has 2 aromatic rings. The Hall–Kier alpha value is -1.82. The van der Waals surface area contributed by atoms with Crippen LogP contribution in [0.2, 0.25) is 0 Å². The first-order valence-electron chi connectivity index (χ1n) is 6.57. The van der Waals surface area contributed by atoms with Crippen LogP contribution in [-0.4, -0.2) is 40.7 Å². The van der Waals surface area contributed by atoms with Crippen molar-refractivity contribution in [3.05, 3.63) is 18.6 Å². The molecule has 2 aromatic heterocycles. The largest absolute Gasteiger partial charge is 0.385 e. The summed E-state index contributed by atoms with van der Waals surface area (Å²) in [6.45, 7) is 5.73. The van der Waals surface area contributed by atoms with E-state index in [4.69, 9.17) is 4.74 Å². The van der Waals surface area contributed by atoms with Crippen molar-refractivity contribution in [2.75, 3.05) is 30.9 Å². The Kier molecular flexibility index (Phi) is 4.57. The van der Waals surface area contributed by atoms with Gasteiger partial charge in [-0.2, -0.15) is 0 Å². The standard InChI is InChI=1S/C13H21N5O/c1-4-14-11-9-18-7-6-15-13(18)12(17-11)16-10(2)5-8-19-3/h6-7,9-10,14H,4-5,8H2,1-3H3,(H,16,17). The average molecular weight is 263 g/mol. The molecule has 0 aliphatic heterocycles. The van der Waals surface area contributed by atoms with Gasteiger partial charge in [0.25, 0.3) is 0 Å². The molecule has 0 saturated carbocycles. The van der Waals surface area contributed by atoms with Crippen LogP contribution >= 0.6 is 0 Å². The number of rotatable bonds is 7. The highest BCUT2D eigenvalue weighted by Gasteiger charge is 2.10. The Morgan fingerprint density at radius 2 is 2.32 bits per heavy atom. The van der Waals surface area contributed by atoms with E-state index in [1.54, 1.807) is 13.3 Å². The maximum Gasteiger partial charge on any atom is 0.180 e. The van der Waals surface area contributed by atoms with Gasteiger partial charge >= 0.3 is 0 Å². The normalized spacial score (nSPS) is 12.6. The number of anilines is 2. The Morgan fingerprint density at radius 1 is 1.47 bits per heavy atom. The molecule has 1 atom stereocenters. The van der Waals surface area contributed by atoms with Gasteiger partial charge in [0.05, 0.1) is 6.20 Å². The lowest BCUT2D eigenvalue weighted by molar-refractivity contribution is 0.191. The highest BCUT2D eigenvalue weighted by molar-refractivity contribution is 5.65. The van der Waals surface area contributed by atoms with Crippen LogP contribution in [0.3, 0.4) is 0 Å². The summed E-state index contributed by atoms with van der Waals surface area (Å²) in [6.07, 6.45) is 6.56. The predicted molar refractivity (Wildman–Crippen MR) is 76.7 cm³/mol. The zero-order valence-electron chi connectivity index (χ0n) is 11.7. The number of hydrogen-bond donors (Lipinski definition) is 2. The number of fused-ring (bicyclic) bond motifs is 1. The summed E-state index contributed by atoms with van der Waals surface area (Å²) in [5.41, 5.74) is 0.839. The minimum atomic E-state index is 0.282. The molecule has 0 amide bonds. The quantitative estimate of drug-likeness (QED) is 0.800. The van der Waals surface area contributed by atoms with Crippen molar-refractivity contribution in [1.29, 1.82) is 0 Å². The molecule has 0 bridgehead atoms. The predicted octanol–water partition coefficient (Wildman–Crippen LogP) is 2.00. The lowest BCUT2D eigenvalue weighted by Crippen LogP contribution is -2.19. The monoisotopic (exact) mass is 263 g/mol. The van der Waals surface area contributed by atoms with Gasteiger partial charge in [-0.25, -0.2) is 9.97 Å². The summed E-state index contributed by atoms with van der Waals surface area (Å²) in [4.78, 5) is 8.90. The van der Waals surface area contributed by atoms with E-state index in [-0.39, 0.29) is 6.04 Å². The minimum absolute atomic E-state index is 0.282. The number of methoxy groups -OCH3 is 1. The third kappa shape index (κ3) is 3.35. The second-order valence-corrected chi connectivity index (χ2v) is 4.49. The molecular formula is C13H21N5O. The van der Waals surface area contributed by atoms with Gasteiger partial charge in [0.15, 0.2) is 11.5 Å². The maximum absolute atomic E-state index is 5.09. The van der Waals surface area contributed by atoms with E-state index >= 15 is 0 Å². The van der Waals surface area contributed by atoms with E-state index in [0.717, 1.165) is 36.9 Å². The van der Waals surface area contributed by atoms with Gasteiger partial charge in [0.2, 0.25) is 0 Å². The van der Waals surface area contributed by atoms with Gasteiger partial charge in [-0.05, 0) is 20.3 Å². The Labute approximate surface area is 113 Å². The highest BCUT2D eigenvalue weighted by atomic mass is 16.5. The summed E-state index contributed by atoms with van der Waals surface area (Å²) in [6, 6.07) is 0.282. The van der Waals surface area contributed by atoms with Gasteiger partial charge in [-0.1, -0.05) is 0 Å². The molecule has 0 spiro atoms. The first-order valence-corrected chi connectivity index (χ1v) is 6.57. The van der Waals surface area contributed by atoms with Crippen LogP contribution in [0.15, 0.2) is 18.6 Å². The average Bonchev–Trinajstić information content (AvgIpc) is 2.85. The molecule has 0 saturated heterocycles. The summed E-state index contributed by atoms with van der Waals surface area (Å²) in [5, 5.41) is 6.61. The van der Waals surface area contributed by atoms with Gasteiger partial charge in [-0.3, -0.25) is 0 Å². The van der Waals surface area contributed by atoms with E-state index in [9.17, 15) is 0 Å². The lowest BCUT2D eigenvalue weighted by Gasteiger charge is -2.15. The maximum atomic E-state index is 5.09. The van der Waals surface area contributed by atoms with Gasteiger partial charge in [-0.15, -0.1) is 0 Å². The number of nitrogens with zero attached hydrogens (tertiary/aromatic N) is 3. The fourth-order valence-corrected chi connectivity index (χ4v) is 1.89. The first kappa shape index (κ1) is 13.6. The zero-order chi connectivity index (χ0) is 13.7. The molecule has 2 rings (SSSR count). The van der Waals surface area contributed by atoms with Crippen LogP contribution in [0.4, 0.5) is 11.6 Å². The second kappa shape index (κ2) is 6.38. The lowest BCUT2D eigenvalue weighted by atomic mass is 10.2. The van der Waals surface area contributed by atoms with E-state index in [1.807, 2.05) is 23.7 Å². The Balaban J connectivity index is 2.21. The number of hydrogen-bond acceptors (Lipinski definition) is 5. The van der Waals surface area contributed by atoms with Crippen LogP contribution in [0, 0.1) is 0 Å². The molecule has 2 heterocycles. The molecule has 19 heavy (non-hydrogen) atoms. The van der Waals surface area contributed by atoms with Gasteiger partial charge < -0.3 is 19.8 Å². The molecule has 1 unspecified atom stereocenters. The minimum Gasteiger partial charge on any atom is -0.385 e. The molecule has 0 aliphatic rings. The topological polar surface area (TPSA) is 63.5 Å². The molecular weight excluding hydrogens is 242 g/mol. The van der Waals surface area contributed by atoms with Gasteiger partial charge in [0.1, 0.15) is 5.82 Å². The number of ether oxygens (including phenoxy) is 1. The molecule has 0 fully saturated rings. The Bertz CT molecular complexity index is 525. The molecule has 0 aromatic carbocycles. The number of aromatic nitrogens is 3. The van der Waals surface area contributed by atoms with Crippen LogP contribution in [-0.2, 0) is 4.74 Å². The number of nitrogens with one attached hydrogen (secondary N) is 2.